The van der Waals surface area contributed by atoms with Crippen molar-refractivity contribution in [2.24, 2.45) is 0 Å². The molecule has 2 heterocycles. The maximum absolute atomic E-state index is 13.3. The van der Waals surface area contributed by atoms with Crippen LogP contribution in [0.4, 0.5) is 10.1 Å². The number of nitrogens with zero attached hydrogens (tertiary/aromatic N) is 2. The minimum absolute atomic E-state index is 0.0708. The second-order valence-electron chi connectivity index (χ2n) is 5.84. The Hall–Kier alpha value is -0.750. The number of thiazole rings is 1. The number of benzene rings is 1. The third-order valence-electron chi connectivity index (χ3n) is 4.01. The van der Waals surface area contributed by atoms with Crippen molar-refractivity contribution in [1.29, 1.82) is 0 Å². The third-order valence-corrected chi connectivity index (χ3v) is 7.10. The third kappa shape index (κ3) is 5.20. The van der Waals surface area contributed by atoms with Crippen LogP contribution in [0.15, 0.2) is 29.8 Å². The van der Waals surface area contributed by atoms with Crippen LogP contribution in [0, 0.1) is 5.82 Å². The van der Waals surface area contributed by atoms with Gasteiger partial charge in [-0.1, -0.05) is 31.8 Å². The van der Waals surface area contributed by atoms with Gasteiger partial charge in [-0.25, -0.2) is 9.37 Å². The Morgan fingerprint density at radius 3 is 3.07 bits per heavy atom. The van der Waals surface area contributed by atoms with E-state index in [9.17, 15) is 13.7 Å². The van der Waals surface area contributed by atoms with Crippen LogP contribution in [-0.4, -0.2) is 37.7 Å². The van der Waals surface area contributed by atoms with E-state index in [0.717, 1.165) is 16.8 Å². The van der Waals surface area contributed by atoms with E-state index >= 15 is 0 Å². The lowest BCUT2D eigenvalue weighted by Crippen LogP contribution is -2.57. The molecule has 0 radical (unpaired) electrons. The largest absolute Gasteiger partial charge is 0.579 e. The lowest BCUT2D eigenvalue weighted by Gasteiger charge is -2.37. The van der Waals surface area contributed by atoms with Crippen LogP contribution in [0.25, 0.3) is 0 Å². The first-order chi connectivity index (χ1) is 13.0. The summed E-state index contributed by atoms with van der Waals surface area (Å²) in [4.78, 5) is 17.2. The maximum Gasteiger partial charge on any atom is 0.246 e. The van der Waals surface area contributed by atoms with Crippen molar-refractivity contribution < 1.29 is 13.7 Å². The number of anilines is 1. The van der Waals surface area contributed by atoms with Crippen molar-refractivity contribution in [3.8, 4) is 0 Å². The Balaban J connectivity index is 1.79. The van der Waals surface area contributed by atoms with Crippen molar-refractivity contribution in [1.82, 2.24) is 14.0 Å². The first-order valence-electron chi connectivity index (χ1n) is 8.15. The number of carbonyl (C=O) groups excluding carboxylic acids is 1. The molecule has 6 nitrogen and oxygen atoms in total. The van der Waals surface area contributed by atoms with Crippen molar-refractivity contribution in [2.75, 3.05) is 17.2 Å². The van der Waals surface area contributed by atoms with Crippen LogP contribution in [0.5, 0.6) is 0 Å². The second-order valence-corrected chi connectivity index (χ2v) is 9.17. The Morgan fingerprint density at radius 1 is 1.59 bits per heavy atom. The van der Waals surface area contributed by atoms with Gasteiger partial charge in [0.25, 0.3) is 0 Å². The summed E-state index contributed by atoms with van der Waals surface area (Å²) in [7, 11) is 0. The summed E-state index contributed by atoms with van der Waals surface area (Å²) in [5.41, 5.74) is 0.391. The highest BCUT2D eigenvalue weighted by Crippen LogP contribution is 2.31. The van der Waals surface area contributed by atoms with Crippen LogP contribution in [-0.2, 0) is 16.3 Å². The summed E-state index contributed by atoms with van der Waals surface area (Å²) in [5.74, 6) is -0.871. The van der Waals surface area contributed by atoms with Crippen LogP contribution < -0.4 is 10.0 Å². The zero-order chi connectivity index (χ0) is 19.4. The highest BCUT2D eigenvalue weighted by atomic mass is 79.9. The second kappa shape index (κ2) is 9.64. The van der Waals surface area contributed by atoms with Gasteiger partial charge < -0.3 is 9.87 Å². The number of halogens is 3. The molecule has 2 aromatic rings. The first kappa shape index (κ1) is 21.0. The van der Waals surface area contributed by atoms with Crippen LogP contribution in [0.3, 0.4) is 0 Å². The average molecular weight is 496 g/mol. The average Bonchev–Trinajstić information content (AvgIpc) is 3.18. The Labute approximate surface area is 177 Å². The van der Waals surface area contributed by atoms with Gasteiger partial charge in [-0.2, -0.15) is 0 Å². The molecule has 1 aliphatic heterocycles. The van der Waals surface area contributed by atoms with Gasteiger partial charge in [-0.15, -0.1) is 16.1 Å². The van der Waals surface area contributed by atoms with Gasteiger partial charge in [0.2, 0.25) is 5.91 Å². The molecule has 1 amide bonds. The molecular weight excluding hydrogens is 479 g/mol. The van der Waals surface area contributed by atoms with Gasteiger partial charge in [-0.05, 0) is 24.6 Å². The standard InChI is InChI=1S/C16H17BrClFN4O2S2/c17-4-1-6-23-14(9-13(22-27(23)25)16-20-5-7-26-16)15(24)21-10-2-3-12(19)11(18)8-10/h2-3,5,7-8,13-14,22H,1,4,6,9H2,(H,21,24). The van der Waals surface area contributed by atoms with Crippen LogP contribution in [0.1, 0.15) is 23.9 Å². The molecule has 27 heavy (non-hydrogen) atoms. The zero-order valence-electron chi connectivity index (χ0n) is 14.0. The molecular formula is C16H17BrClFN4O2S2. The fourth-order valence-corrected chi connectivity index (χ4v) is 5.25. The molecule has 0 spiro atoms. The van der Waals surface area contributed by atoms with Gasteiger partial charge in [0.05, 0.1) is 5.02 Å². The van der Waals surface area contributed by atoms with Gasteiger partial charge >= 0.3 is 0 Å². The highest BCUT2D eigenvalue weighted by Gasteiger charge is 2.43. The molecule has 1 aromatic heterocycles. The number of nitrogens with one attached hydrogen (secondary N) is 2. The number of aromatic nitrogens is 1. The monoisotopic (exact) mass is 494 g/mol. The van der Waals surface area contributed by atoms with E-state index in [1.165, 1.54) is 29.5 Å². The molecule has 146 valence electrons. The molecule has 1 aromatic carbocycles. The van der Waals surface area contributed by atoms with E-state index in [1.807, 2.05) is 5.38 Å². The number of rotatable bonds is 6. The Morgan fingerprint density at radius 2 is 2.41 bits per heavy atom. The molecule has 0 aliphatic carbocycles. The van der Waals surface area contributed by atoms with Crippen molar-refractivity contribution in [2.45, 2.75) is 24.9 Å². The van der Waals surface area contributed by atoms with E-state index in [1.54, 1.807) is 10.5 Å². The number of carbonyl (C=O) groups is 1. The lowest BCUT2D eigenvalue weighted by molar-refractivity contribution is -0.120. The first-order valence-corrected chi connectivity index (χ1v) is 11.6. The summed E-state index contributed by atoms with van der Waals surface area (Å²) < 4.78 is 30.7. The summed E-state index contributed by atoms with van der Waals surface area (Å²) >= 11 is 9.06. The predicted octanol–water partition coefficient (Wildman–Crippen LogP) is 3.64. The summed E-state index contributed by atoms with van der Waals surface area (Å²) in [6, 6.07) is 3.09. The van der Waals surface area contributed by atoms with E-state index in [-0.39, 0.29) is 17.0 Å². The van der Waals surface area contributed by atoms with Crippen LogP contribution in [0.2, 0.25) is 5.02 Å². The minimum atomic E-state index is -1.53. The quantitative estimate of drug-likeness (QED) is 0.472. The maximum atomic E-state index is 13.3. The topological polar surface area (TPSA) is 80.3 Å². The summed E-state index contributed by atoms with van der Waals surface area (Å²) in [6.45, 7) is 0.484. The van der Waals surface area contributed by atoms with Crippen LogP contribution >= 0.6 is 38.9 Å². The molecule has 2 N–H and O–H groups in total. The molecule has 1 fully saturated rings. The highest BCUT2D eigenvalue weighted by molar-refractivity contribution is 9.09. The fourth-order valence-electron chi connectivity index (χ4n) is 2.74. The molecule has 0 saturated carbocycles. The Kier molecular flexibility index (Phi) is 7.49. The molecule has 11 heteroatoms. The van der Waals surface area contributed by atoms with E-state index < -0.39 is 23.4 Å². The molecule has 1 aliphatic rings. The van der Waals surface area contributed by atoms with E-state index in [4.69, 9.17) is 11.6 Å². The summed E-state index contributed by atoms with van der Waals surface area (Å²) in [6.07, 6.45) is 2.83. The van der Waals surface area contributed by atoms with E-state index in [0.29, 0.717) is 18.7 Å². The summed E-state index contributed by atoms with van der Waals surface area (Å²) in [5, 5.41) is 6.04. The van der Waals surface area contributed by atoms with Crippen molar-refractivity contribution in [3.05, 3.63) is 45.6 Å². The van der Waals surface area contributed by atoms with Gasteiger partial charge in [0.15, 0.2) is 0 Å². The molecule has 0 bridgehead atoms. The number of amides is 1. The molecule has 3 atom stereocenters. The molecule has 3 unspecified atom stereocenters. The van der Waals surface area contributed by atoms with Crippen molar-refractivity contribution in [3.63, 3.8) is 0 Å². The molecule has 1 saturated heterocycles. The van der Waals surface area contributed by atoms with E-state index in [2.05, 4.69) is 31.0 Å². The molecule has 3 rings (SSSR count). The SMILES string of the molecule is O=C(Nc1ccc(F)c(Cl)c1)C1CC(c2nccs2)N[S+]([O-])N1CCCBr. The number of hydrogen-bond donors (Lipinski definition) is 2. The Bertz CT molecular complexity index is 786. The van der Waals surface area contributed by atoms with Gasteiger partial charge in [0, 0.05) is 35.6 Å². The number of hydrogen-bond acceptors (Lipinski definition) is 6. The van der Waals surface area contributed by atoms with Gasteiger partial charge in [0.1, 0.15) is 34.5 Å². The zero-order valence-corrected chi connectivity index (χ0v) is 18.0. The predicted molar refractivity (Wildman–Crippen MR) is 110 cm³/mol. The van der Waals surface area contributed by atoms with Gasteiger partial charge in [-0.3, -0.25) is 4.79 Å². The lowest BCUT2D eigenvalue weighted by atomic mass is 10.1. The fraction of sp³-hybridized carbons (Fsp3) is 0.375. The smallest absolute Gasteiger partial charge is 0.246 e. The van der Waals surface area contributed by atoms with Crippen molar-refractivity contribution >= 4 is 62.0 Å². The number of alkyl halides is 1. The normalized spacial score (nSPS) is 23.3. The minimum Gasteiger partial charge on any atom is -0.579 e.